The molecule has 0 bridgehead atoms. The Hall–Kier alpha value is -4.44. The number of fused-ring (bicyclic) bond motifs is 3. The van der Waals surface area contributed by atoms with Crippen LogP contribution in [-0.2, 0) is 22.3 Å². The molecule has 14 nitrogen and oxygen atoms in total. The van der Waals surface area contributed by atoms with Gasteiger partial charge in [0.2, 0.25) is 5.91 Å². The molecule has 46 heavy (non-hydrogen) atoms. The number of nitrogens with two attached hydrogens (primary N) is 2. The Balaban J connectivity index is 0.000000157. The highest BCUT2D eigenvalue weighted by Gasteiger charge is 2.37. The van der Waals surface area contributed by atoms with Gasteiger partial charge in [-0.25, -0.2) is 19.9 Å². The Morgan fingerprint density at radius 1 is 0.783 bits per heavy atom. The lowest BCUT2D eigenvalue weighted by Gasteiger charge is -2.31. The van der Waals surface area contributed by atoms with E-state index in [0.717, 1.165) is 28.2 Å². The summed E-state index contributed by atoms with van der Waals surface area (Å²) in [5.41, 5.74) is 13.0. The highest BCUT2D eigenvalue weighted by molar-refractivity contribution is 7.17. The van der Waals surface area contributed by atoms with Gasteiger partial charge in [0, 0.05) is 34.1 Å². The molecular weight excluding hydrogens is 629 g/mol. The third-order valence-electron chi connectivity index (χ3n) is 6.83. The third kappa shape index (κ3) is 6.72. The lowest BCUT2D eigenvalue weighted by molar-refractivity contribution is -0.118. The first-order chi connectivity index (χ1) is 21.1. The number of aryl methyl sites for hydroxylation is 1. The number of nitrogens with zero attached hydrogens (tertiary/aromatic N) is 7. The maximum Gasteiger partial charge on any atom is 0.310 e. The number of rotatable bonds is 0. The monoisotopic (exact) mass is 668 g/mol. The Kier molecular flexibility index (Phi) is 9.02. The van der Waals surface area contributed by atoms with E-state index in [1.807, 2.05) is 62.3 Å². The summed E-state index contributed by atoms with van der Waals surface area (Å²) < 4.78 is 4.27. The van der Waals surface area contributed by atoms with Crippen molar-refractivity contribution < 1.29 is 4.79 Å². The summed E-state index contributed by atoms with van der Waals surface area (Å²) in [6.07, 6.45) is 3.39. The van der Waals surface area contributed by atoms with Crippen LogP contribution in [0.15, 0.2) is 33.0 Å². The smallest absolute Gasteiger partial charge is 0.310 e. The first kappa shape index (κ1) is 34.4. The van der Waals surface area contributed by atoms with Crippen molar-refractivity contribution in [1.29, 1.82) is 0 Å². The molecule has 246 valence electrons. The van der Waals surface area contributed by atoms with Crippen LogP contribution in [0.5, 0.6) is 0 Å². The number of aromatic amines is 1. The lowest BCUT2D eigenvalue weighted by atomic mass is 10.1. The van der Waals surface area contributed by atoms with Crippen LogP contribution >= 0.6 is 22.7 Å². The van der Waals surface area contributed by atoms with Gasteiger partial charge in [0.1, 0.15) is 33.2 Å². The van der Waals surface area contributed by atoms with E-state index < -0.39 is 0 Å². The Morgan fingerprint density at radius 2 is 1.35 bits per heavy atom. The molecule has 5 N–H and O–H groups in total. The number of nitrogens with one attached hydrogen (secondary N) is 1. The molecular formula is C30H40N10O4S2. The molecule has 0 saturated heterocycles. The number of carbonyl (C=O) groups excluding carboxylic acids is 1. The highest BCUT2D eigenvalue weighted by atomic mass is 32.1. The summed E-state index contributed by atoms with van der Waals surface area (Å²) in [6.45, 7) is 19.3. The molecule has 0 saturated carbocycles. The van der Waals surface area contributed by atoms with Crippen LogP contribution in [0.3, 0.4) is 0 Å². The molecule has 0 unspecified atom stereocenters. The lowest BCUT2D eigenvalue weighted by Crippen LogP contribution is -2.43. The van der Waals surface area contributed by atoms with Crippen molar-refractivity contribution in [3.8, 4) is 0 Å². The molecule has 5 aromatic rings. The molecule has 0 aromatic carbocycles. The largest absolute Gasteiger partial charge is 0.398 e. The molecule has 6 heterocycles. The van der Waals surface area contributed by atoms with Gasteiger partial charge in [-0.05, 0) is 75.3 Å². The highest BCUT2D eigenvalue weighted by Crippen LogP contribution is 2.35. The number of aromatic nitrogens is 7. The van der Waals surface area contributed by atoms with Crippen LogP contribution in [0.1, 0.15) is 73.7 Å². The van der Waals surface area contributed by atoms with E-state index in [1.165, 1.54) is 6.33 Å². The number of nitrogen functional groups attached to an aromatic ring is 2. The summed E-state index contributed by atoms with van der Waals surface area (Å²) in [5, 5.41) is 0. The van der Waals surface area contributed by atoms with E-state index in [9.17, 15) is 19.2 Å². The van der Waals surface area contributed by atoms with Gasteiger partial charge in [-0.2, -0.15) is 0 Å². The van der Waals surface area contributed by atoms with Crippen molar-refractivity contribution in [3.63, 3.8) is 0 Å². The first-order valence-electron chi connectivity index (χ1n) is 14.4. The summed E-state index contributed by atoms with van der Waals surface area (Å²) in [4.78, 5) is 67.7. The molecule has 5 aromatic heterocycles. The molecule has 16 heteroatoms. The van der Waals surface area contributed by atoms with Crippen LogP contribution in [0.4, 0.5) is 17.3 Å². The summed E-state index contributed by atoms with van der Waals surface area (Å²) in [5.74, 6) is 1.67. The zero-order valence-electron chi connectivity index (χ0n) is 27.7. The van der Waals surface area contributed by atoms with Crippen molar-refractivity contribution in [3.05, 3.63) is 59.7 Å². The maximum absolute atomic E-state index is 11.9. The molecule has 0 fully saturated rings. The minimum Gasteiger partial charge on any atom is -0.398 e. The number of carbonyl (C=O) groups is 1. The van der Waals surface area contributed by atoms with Crippen molar-refractivity contribution in [2.24, 2.45) is 0 Å². The average Bonchev–Trinajstić information content (AvgIpc) is 3.54. The van der Waals surface area contributed by atoms with E-state index >= 15 is 0 Å². The van der Waals surface area contributed by atoms with Crippen molar-refractivity contribution in [2.45, 2.75) is 92.3 Å². The van der Waals surface area contributed by atoms with E-state index in [4.69, 9.17) is 11.5 Å². The predicted molar refractivity (Wildman–Crippen MR) is 185 cm³/mol. The van der Waals surface area contributed by atoms with Gasteiger partial charge in [-0.15, -0.1) is 0 Å². The van der Waals surface area contributed by atoms with Gasteiger partial charge in [0.05, 0.1) is 6.42 Å². The topological polar surface area (TPSA) is 201 Å². The number of hydrogen-bond acceptors (Lipinski definition) is 12. The fraction of sp³-hybridized carbons (Fsp3) is 0.467. The number of thiazole rings is 2. The maximum atomic E-state index is 11.9. The molecule has 0 aliphatic carbocycles. The minimum absolute atomic E-state index is 0.0512. The van der Waals surface area contributed by atoms with Crippen molar-refractivity contribution >= 4 is 66.6 Å². The van der Waals surface area contributed by atoms with Gasteiger partial charge < -0.3 is 16.5 Å². The third-order valence-corrected chi connectivity index (χ3v) is 8.71. The van der Waals surface area contributed by atoms with Crippen molar-refractivity contribution in [2.75, 3.05) is 16.4 Å². The second-order valence-corrected chi connectivity index (χ2v) is 15.7. The summed E-state index contributed by atoms with van der Waals surface area (Å²) >= 11 is 2.03. The van der Waals surface area contributed by atoms with Gasteiger partial charge in [0.25, 0.3) is 5.56 Å². The fourth-order valence-corrected chi connectivity index (χ4v) is 6.99. The van der Waals surface area contributed by atoms with Crippen LogP contribution in [-0.4, -0.2) is 45.5 Å². The number of H-pyrrole nitrogens is 1. The van der Waals surface area contributed by atoms with E-state index in [-0.39, 0.29) is 37.8 Å². The molecule has 0 spiro atoms. The molecule has 0 radical (unpaired) electrons. The number of hydrogen-bond donors (Lipinski definition) is 3. The van der Waals surface area contributed by atoms with Crippen LogP contribution < -0.4 is 31.7 Å². The van der Waals surface area contributed by atoms with Crippen LogP contribution in [0.2, 0.25) is 0 Å². The van der Waals surface area contributed by atoms with Gasteiger partial charge in [-0.3, -0.25) is 33.2 Å². The average molecular weight is 669 g/mol. The molecule has 1 aliphatic rings. The van der Waals surface area contributed by atoms with Gasteiger partial charge >= 0.3 is 9.75 Å². The minimum atomic E-state index is -0.372. The number of pyridine rings is 1. The predicted octanol–water partition coefficient (Wildman–Crippen LogP) is 3.75. The van der Waals surface area contributed by atoms with Gasteiger partial charge in [0.15, 0.2) is 11.3 Å². The summed E-state index contributed by atoms with van der Waals surface area (Å²) in [7, 11) is 0. The Morgan fingerprint density at radius 3 is 1.91 bits per heavy atom. The second kappa shape index (κ2) is 12.1. The second-order valence-electron chi connectivity index (χ2n) is 13.7. The van der Waals surface area contributed by atoms with Crippen LogP contribution in [0, 0.1) is 6.92 Å². The normalized spacial score (nSPS) is 13.3. The van der Waals surface area contributed by atoms with Crippen LogP contribution in [0.25, 0.3) is 20.7 Å². The van der Waals surface area contributed by atoms with E-state index in [2.05, 4.69) is 24.9 Å². The molecule has 1 amide bonds. The van der Waals surface area contributed by atoms with E-state index in [0.29, 0.717) is 50.3 Å². The number of anilines is 3. The molecule has 6 rings (SSSR count). The van der Waals surface area contributed by atoms with Gasteiger partial charge in [-0.1, -0.05) is 22.7 Å². The van der Waals surface area contributed by atoms with E-state index in [1.54, 1.807) is 33.2 Å². The standard InChI is InChI=1S/C11H15N3O.C10H13N3O2S.C9H12N4OS/c1-11(2,3)14-9(15)6-7-8(12)4-5-13-10(7)14;1-5-11-7-6(8(14)12-5)16-9(15)13(7)10(2,3)4;1-9(2,3)13-7-5(15-8(13)14)6(10)11-4-12-7/h4-5H,6H2,1-3H3,(H2,12,13);1-4H3,(H,11,12,14);4H,1-3H3,(H2,10,11,12). The zero-order chi connectivity index (χ0) is 34.5. The van der Waals surface area contributed by atoms with Crippen molar-refractivity contribution in [1.82, 2.24) is 34.1 Å². The Labute approximate surface area is 273 Å². The summed E-state index contributed by atoms with van der Waals surface area (Å²) in [6, 6.07) is 1.73. The molecule has 0 atom stereocenters. The SMILES string of the molecule is CC(C)(C)N1C(=O)Cc2c(N)ccnc21.CC(C)(C)n1c(=O)sc2c(N)ncnc21.Cc1nc2c(sc(=O)n2C(C)(C)C)c(=O)[nH]1. The number of amides is 1. The quantitative estimate of drug-likeness (QED) is 0.218. The molecule has 1 aliphatic heterocycles. The zero-order valence-corrected chi connectivity index (χ0v) is 29.3. The fourth-order valence-electron chi connectivity index (χ4n) is 4.97. The Bertz CT molecular complexity index is 2120. The first-order valence-corrected chi connectivity index (χ1v) is 16.1.